The maximum atomic E-state index is 11.8. The molecule has 0 atom stereocenters. The summed E-state index contributed by atoms with van der Waals surface area (Å²) in [5, 5.41) is 3.59. The number of nitrogens with zero attached hydrogens (tertiary/aromatic N) is 1. The summed E-state index contributed by atoms with van der Waals surface area (Å²) in [6.45, 7) is 6.32. The first-order valence-corrected chi connectivity index (χ1v) is 7.57. The first-order valence-electron chi connectivity index (χ1n) is 6.81. The largest absolute Gasteiger partial charge is 0.356 e. The van der Waals surface area contributed by atoms with Gasteiger partial charge in [0.25, 0.3) is 0 Å². The van der Waals surface area contributed by atoms with E-state index in [2.05, 4.69) is 5.32 Å². The third-order valence-electron chi connectivity index (χ3n) is 2.86. The van der Waals surface area contributed by atoms with Gasteiger partial charge >= 0.3 is 0 Å². The van der Waals surface area contributed by atoms with Crippen LogP contribution in [0.15, 0.2) is 18.2 Å². The maximum Gasteiger partial charge on any atom is 0.223 e. The Balaban J connectivity index is 2.76. The highest BCUT2D eigenvalue weighted by atomic mass is 35.5. The lowest BCUT2D eigenvalue weighted by atomic mass is 10.2. The molecule has 0 aliphatic carbocycles. The molecule has 0 bridgehead atoms. The summed E-state index contributed by atoms with van der Waals surface area (Å²) < 4.78 is 0. The first-order chi connectivity index (χ1) is 9.82. The minimum absolute atomic E-state index is 0.0990. The highest BCUT2D eigenvalue weighted by Gasteiger charge is 2.19. The van der Waals surface area contributed by atoms with Crippen molar-refractivity contribution in [2.45, 2.75) is 27.2 Å². The van der Waals surface area contributed by atoms with Crippen LogP contribution in [0.3, 0.4) is 0 Å². The number of halogens is 2. The molecule has 0 fully saturated rings. The van der Waals surface area contributed by atoms with Gasteiger partial charge in [-0.05, 0) is 18.1 Å². The van der Waals surface area contributed by atoms with E-state index in [9.17, 15) is 9.59 Å². The van der Waals surface area contributed by atoms with Gasteiger partial charge in [0.2, 0.25) is 11.8 Å². The summed E-state index contributed by atoms with van der Waals surface area (Å²) in [6.07, 6.45) is 0.202. The lowest BCUT2D eigenvalue weighted by Gasteiger charge is -2.23. The fraction of sp³-hybridized carbons (Fsp3) is 0.467. The fourth-order valence-corrected chi connectivity index (χ4v) is 2.39. The van der Waals surface area contributed by atoms with Gasteiger partial charge in [-0.2, -0.15) is 0 Å². The third kappa shape index (κ3) is 5.56. The van der Waals surface area contributed by atoms with Crippen LogP contribution >= 0.6 is 23.2 Å². The smallest absolute Gasteiger partial charge is 0.223 e. The van der Waals surface area contributed by atoms with E-state index in [1.807, 2.05) is 13.8 Å². The molecule has 0 aliphatic heterocycles. The van der Waals surface area contributed by atoms with Crippen LogP contribution in [-0.4, -0.2) is 24.9 Å². The number of nitrogens with one attached hydrogen (secondary N) is 1. The molecule has 1 N–H and O–H groups in total. The summed E-state index contributed by atoms with van der Waals surface area (Å²) in [5.41, 5.74) is 0.449. The van der Waals surface area contributed by atoms with Crippen molar-refractivity contribution in [3.05, 3.63) is 28.2 Å². The van der Waals surface area contributed by atoms with Crippen LogP contribution in [0.4, 0.5) is 5.69 Å². The molecule has 1 rings (SSSR count). The van der Waals surface area contributed by atoms with Gasteiger partial charge in [-0.3, -0.25) is 9.59 Å². The Hall–Kier alpha value is -1.26. The summed E-state index contributed by atoms with van der Waals surface area (Å²) in [4.78, 5) is 25.0. The number of anilines is 1. The van der Waals surface area contributed by atoms with Crippen LogP contribution in [0.1, 0.15) is 27.2 Å². The van der Waals surface area contributed by atoms with Crippen molar-refractivity contribution >= 4 is 40.7 Å². The van der Waals surface area contributed by atoms with E-state index in [0.29, 0.717) is 28.2 Å². The fourth-order valence-electron chi connectivity index (χ4n) is 1.79. The van der Waals surface area contributed by atoms with Gasteiger partial charge in [0.05, 0.1) is 15.7 Å². The molecule has 0 radical (unpaired) electrons. The quantitative estimate of drug-likeness (QED) is 0.867. The van der Waals surface area contributed by atoms with Crippen LogP contribution in [0.5, 0.6) is 0 Å². The Morgan fingerprint density at radius 2 is 1.81 bits per heavy atom. The van der Waals surface area contributed by atoms with Crippen molar-refractivity contribution < 1.29 is 9.59 Å². The van der Waals surface area contributed by atoms with Gasteiger partial charge in [-0.25, -0.2) is 0 Å². The molecule has 0 spiro atoms. The minimum Gasteiger partial charge on any atom is -0.356 e. The molecule has 116 valence electrons. The first kappa shape index (κ1) is 17.8. The predicted octanol–water partition coefficient (Wildman–Crippen LogP) is 3.51. The molecule has 0 saturated heterocycles. The molecule has 21 heavy (non-hydrogen) atoms. The zero-order valence-electron chi connectivity index (χ0n) is 12.5. The molecule has 1 aromatic rings. The highest BCUT2D eigenvalue weighted by Crippen LogP contribution is 2.33. The second-order valence-electron chi connectivity index (χ2n) is 5.19. The standard InChI is InChI=1S/C15H20Cl2N2O2/c1-10(2)9-18-14(21)7-8-19(11(3)20)15-12(16)5-4-6-13(15)17/h4-6,10H,7-9H2,1-3H3,(H,18,21). The van der Waals surface area contributed by atoms with Gasteiger partial charge in [0.1, 0.15) is 0 Å². The van der Waals surface area contributed by atoms with Crippen molar-refractivity contribution in [2.75, 3.05) is 18.0 Å². The minimum atomic E-state index is -0.207. The van der Waals surface area contributed by atoms with Crippen LogP contribution in [-0.2, 0) is 9.59 Å². The van der Waals surface area contributed by atoms with E-state index >= 15 is 0 Å². The number of carbonyl (C=O) groups excluding carboxylic acids is 2. The van der Waals surface area contributed by atoms with Crippen molar-refractivity contribution in [3.8, 4) is 0 Å². The Labute approximate surface area is 135 Å². The number of para-hydroxylation sites is 1. The van der Waals surface area contributed by atoms with Gasteiger partial charge in [0.15, 0.2) is 0 Å². The van der Waals surface area contributed by atoms with Crippen molar-refractivity contribution in [1.29, 1.82) is 0 Å². The Morgan fingerprint density at radius 3 is 2.29 bits per heavy atom. The SMILES string of the molecule is CC(=O)N(CCC(=O)NCC(C)C)c1c(Cl)cccc1Cl. The number of rotatable bonds is 6. The topological polar surface area (TPSA) is 49.4 Å². The number of carbonyl (C=O) groups is 2. The monoisotopic (exact) mass is 330 g/mol. The third-order valence-corrected chi connectivity index (χ3v) is 3.47. The van der Waals surface area contributed by atoms with E-state index < -0.39 is 0 Å². The molecule has 0 aliphatic rings. The van der Waals surface area contributed by atoms with E-state index in [-0.39, 0.29) is 24.8 Å². The number of hydrogen-bond acceptors (Lipinski definition) is 2. The average molecular weight is 331 g/mol. The molecular weight excluding hydrogens is 311 g/mol. The van der Waals surface area contributed by atoms with Gasteiger partial charge in [-0.1, -0.05) is 43.1 Å². The average Bonchev–Trinajstić information content (AvgIpc) is 2.39. The summed E-state index contributed by atoms with van der Waals surface area (Å²) in [5.74, 6) is 0.0793. The van der Waals surface area contributed by atoms with Crippen molar-refractivity contribution in [1.82, 2.24) is 5.32 Å². The van der Waals surface area contributed by atoms with Crippen LogP contribution in [0.2, 0.25) is 10.0 Å². The van der Waals surface area contributed by atoms with Crippen molar-refractivity contribution in [3.63, 3.8) is 0 Å². The molecule has 6 heteroatoms. The molecule has 4 nitrogen and oxygen atoms in total. The highest BCUT2D eigenvalue weighted by molar-refractivity contribution is 6.39. The molecule has 1 aromatic carbocycles. The lowest BCUT2D eigenvalue weighted by Crippen LogP contribution is -2.35. The van der Waals surface area contributed by atoms with Gasteiger partial charge in [0, 0.05) is 26.4 Å². The zero-order valence-corrected chi connectivity index (χ0v) is 14.0. The Kier molecular flexibility index (Phi) is 6.99. The van der Waals surface area contributed by atoms with Crippen LogP contribution in [0.25, 0.3) is 0 Å². The van der Waals surface area contributed by atoms with E-state index in [1.54, 1.807) is 18.2 Å². The van der Waals surface area contributed by atoms with E-state index in [0.717, 1.165) is 0 Å². The molecule has 0 saturated carbocycles. The number of benzene rings is 1. The molecule has 0 heterocycles. The Morgan fingerprint density at radius 1 is 1.24 bits per heavy atom. The molecule has 2 amide bonds. The summed E-state index contributed by atoms with van der Waals surface area (Å²) in [6, 6.07) is 5.04. The summed E-state index contributed by atoms with van der Waals surface area (Å²) in [7, 11) is 0. The van der Waals surface area contributed by atoms with Gasteiger partial charge in [-0.15, -0.1) is 0 Å². The predicted molar refractivity (Wildman–Crippen MR) is 87.0 cm³/mol. The van der Waals surface area contributed by atoms with Crippen molar-refractivity contribution in [2.24, 2.45) is 5.92 Å². The van der Waals surface area contributed by atoms with Crippen LogP contribution < -0.4 is 10.2 Å². The Bertz CT molecular complexity index is 498. The normalized spacial score (nSPS) is 10.6. The zero-order chi connectivity index (χ0) is 16.0. The molecular formula is C15H20Cl2N2O2. The van der Waals surface area contributed by atoms with E-state index in [4.69, 9.17) is 23.2 Å². The van der Waals surface area contributed by atoms with Crippen LogP contribution in [0, 0.1) is 5.92 Å². The number of hydrogen-bond donors (Lipinski definition) is 1. The second-order valence-corrected chi connectivity index (χ2v) is 6.00. The maximum absolute atomic E-state index is 11.8. The molecule has 0 unspecified atom stereocenters. The lowest BCUT2D eigenvalue weighted by molar-refractivity contribution is -0.121. The summed E-state index contributed by atoms with van der Waals surface area (Å²) >= 11 is 12.2. The number of amides is 2. The second kappa shape index (κ2) is 8.25. The van der Waals surface area contributed by atoms with E-state index in [1.165, 1.54) is 11.8 Å². The van der Waals surface area contributed by atoms with Gasteiger partial charge < -0.3 is 10.2 Å². The molecule has 0 aromatic heterocycles.